The zero-order chi connectivity index (χ0) is 23.7. The van der Waals surface area contributed by atoms with Gasteiger partial charge in [-0.1, -0.05) is 72.9 Å². The molecule has 1 atom stereocenters. The molecular formula is C27H22N2O4S. The normalized spacial score (nSPS) is 14.2. The molecular weight excluding hydrogens is 448 g/mol. The summed E-state index contributed by atoms with van der Waals surface area (Å²) in [5.74, 6) is -0.609. The molecule has 2 bridgehead atoms. The van der Waals surface area contributed by atoms with Crippen LogP contribution < -0.4 is 10.4 Å². The van der Waals surface area contributed by atoms with E-state index in [-0.39, 0.29) is 11.6 Å². The van der Waals surface area contributed by atoms with Crippen LogP contribution in [0.25, 0.3) is 11.1 Å². The van der Waals surface area contributed by atoms with Gasteiger partial charge in [-0.2, -0.15) is 0 Å². The minimum Gasteiger partial charge on any atom is -0.482 e. The van der Waals surface area contributed by atoms with Crippen molar-refractivity contribution in [1.82, 2.24) is 9.55 Å². The fourth-order valence-corrected chi connectivity index (χ4v) is 4.80. The second kappa shape index (κ2) is 9.11. The van der Waals surface area contributed by atoms with Crippen LogP contribution in [0.4, 0.5) is 0 Å². The van der Waals surface area contributed by atoms with Crippen LogP contribution in [0.1, 0.15) is 28.2 Å². The standard InChI is InChI=1S/C27H22N2O4S/c30-25(31)16-33-20-8-4-6-18(12-20)14-29-15-24(26(34)28-27(29)32)23-13-17-5-3-7-19(11-17)21-9-1-2-10-22(21)23/h1-12,15,23H,13-14,16H2,(H,30,31)(H,28,32,34). The topological polar surface area (TPSA) is 84.3 Å². The number of aromatic amines is 1. The van der Waals surface area contributed by atoms with Crippen molar-refractivity contribution < 1.29 is 14.6 Å². The monoisotopic (exact) mass is 470 g/mol. The lowest BCUT2D eigenvalue weighted by Crippen LogP contribution is -2.25. The fourth-order valence-electron chi connectivity index (χ4n) is 4.52. The highest BCUT2D eigenvalue weighted by atomic mass is 32.1. The number of hydrogen-bond donors (Lipinski definition) is 2. The number of H-pyrrole nitrogens is 1. The molecule has 3 aromatic carbocycles. The maximum atomic E-state index is 12.8. The molecule has 6 nitrogen and oxygen atoms in total. The molecule has 1 heterocycles. The summed E-state index contributed by atoms with van der Waals surface area (Å²) in [6.07, 6.45) is 2.63. The summed E-state index contributed by atoms with van der Waals surface area (Å²) in [6.45, 7) is -0.127. The molecule has 5 rings (SSSR count). The third-order valence-corrected chi connectivity index (χ3v) is 6.38. The highest BCUT2D eigenvalue weighted by Gasteiger charge is 2.24. The van der Waals surface area contributed by atoms with E-state index < -0.39 is 12.6 Å². The van der Waals surface area contributed by atoms with Gasteiger partial charge < -0.3 is 9.84 Å². The smallest absolute Gasteiger partial charge is 0.341 e. The lowest BCUT2D eigenvalue weighted by molar-refractivity contribution is -0.139. The van der Waals surface area contributed by atoms with Gasteiger partial charge in [-0.05, 0) is 46.4 Å². The summed E-state index contributed by atoms with van der Waals surface area (Å²) in [4.78, 5) is 26.4. The highest BCUT2D eigenvalue weighted by Crippen LogP contribution is 2.39. The highest BCUT2D eigenvalue weighted by molar-refractivity contribution is 7.71. The summed E-state index contributed by atoms with van der Waals surface area (Å²) >= 11 is 5.62. The van der Waals surface area contributed by atoms with E-state index in [0.717, 1.165) is 17.5 Å². The molecule has 0 saturated carbocycles. The molecule has 0 radical (unpaired) electrons. The van der Waals surface area contributed by atoms with Crippen molar-refractivity contribution in [3.63, 3.8) is 0 Å². The van der Waals surface area contributed by atoms with Crippen LogP contribution in [0.2, 0.25) is 0 Å². The summed E-state index contributed by atoms with van der Waals surface area (Å²) in [5, 5.41) is 8.85. The number of carbonyl (C=O) groups is 1. The second-order valence-electron chi connectivity index (χ2n) is 8.35. The first kappa shape index (κ1) is 21.9. The van der Waals surface area contributed by atoms with Crippen molar-refractivity contribution in [2.45, 2.75) is 18.9 Å². The molecule has 0 aliphatic heterocycles. The van der Waals surface area contributed by atoms with Crippen molar-refractivity contribution >= 4 is 18.2 Å². The first-order valence-electron chi connectivity index (χ1n) is 10.9. The van der Waals surface area contributed by atoms with Gasteiger partial charge in [0.25, 0.3) is 0 Å². The van der Waals surface area contributed by atoms with Gasteiger partial charge in [0.1, 0.15) is 10.4 Å². The van der Waals surface area contributed by atoms with Crippen molar-refractivity contribution in [1.29, 1.82) is 0 Å². The third kappa shape index (κ3) is 4.43. The minimum atomic E-state index is -1.05. The maximum Gasteiger partial charge on any atom is 0.341 e. The van der Waals surface area contributed by atoms with E-state index in [1.54, 1.807) is 22.8 Å². The van der Waals surface area contributed by atoms with Crippen LogP contribution in [0.5, 0.6) is 5.75 Å². The first-order chi connectivity index (χ1) is 16.5. The van der Waals surface area contributed by atoms with E-state index in [2.05, 4.69) is 41.4 Å². The number of carboxylic acid groups (broad SMARTS) is 1. The summed E-state index contributed by atoms with van der Waals surface area (Å²) < 4.78 is 7.32. The Morgan fingerprint density at radius 1 is 1.06 bits per heavy atom. The predicted molar refractivity (Wildman–Crippen MR) is 132 cm³/mol. The van der Waals surface area contributed by atoms with Gasteiger partial charge in [0.15, 0.2) is 6.61 Å². The summed E-state index contributed by atoms with van der Waals surface area (Å²) in [6, 6.07) is 23.9. The van der Waals surface area contributed by atoms with Crippen LogP contribution in [-0.2, 0) is 17.8 Å². The number of benzene rings is 3. The second-order valence-corrected chi connectivity index (χ2v) is 8.75. The quantitative estimate of drug-likeness (QED) is 0.397. The number of rotatable bonds is 6. The number of nitrogens with zero attached hydrogens (tertiary/aromatic N) is 1. The molecule has 1 aromatic heterocycles. The van der Waals surface area contributed by atoms with Crippen molar-refractivity contribution in [2.24, 2.45) is 0 Å². The fraction of sp³-hybridized carbons (Fsp3) is 0.148. The number of hydrogen-bond acceptors (Lipinski definition) is 4. The molecule has 1 aliphatic rings. The molecule has 0 fully saturated rings. The Balaban J connectivity index is 1.53. The van der Waals surface area contributed by atoms with Crippen LogP contribution in [0.3, 0.4) is 0 Å². The Bertz CT molecular complexity index is 1500. The molecule has 2 N–H and O–H groups in total. The van der Waals surface area contributed by atoms with E-state index in [4.69, 9.17) is 22.1 Å². The summed E-state index contributed by atoms with van der Waals surface area (Å²) in [5.41, 5.74) is 6.15. The van der Waals surface area contributed by atoms with Gasteiger partial charge >= 0.3 is 11.7 Å². The predicted octanol–water partition coefficient (Wildman–Crippen LogP) is 4.77. The van der Waals surface area contributed by atoms with Crippen molar-refractivity contribution in [3.8, 4) is 16.9 Å². The van der Waals surface area contributed by atoms with E-state index >= 15 is 0 Å². The molecule has 170 valence electrons. The number of ether oxygens (including phenoxy) is 1. The van der Waals surface area contributed by atoms with E-state index in [1.165, 1.54) is 22.3 Å². The van der Waals surface area contributed by atoms with Crippen LogP contribution in [0.15, 0.2) is 83.8 Å². The van der Waals surface area contributed by atoms with Crippen molar-refractivity contribution in [3.05, 3.63) is 116 Å². The average molecular weight is 471 g/mol. The minimum absolute atomic E-state index is 0.00284. The van der Waals surface area contributed by atoms with Crippen LogP contribution >= 0.6 is 12.2 Å². The van der Waals surface area contributed by atoms with Gasteiger partial charge in [0, 0.05) is 17.7 Å². The molecule has 7 heteroatoms. The molecule has 0 amide bonds. The third-order valence-electron chi connectivity index (χ3n) is 6.04. The van der Waals surface area contributed by atoms with Gasteiger partial charge in [-0.3, -0.25) is 9.55 Å². The lowest BCUT2D eigenvalue weighted by Gasteiger charge is -2.20. The van der Waals surface area contributed by atoms with Gasteiger partial charge in [0.05, 0.1) is 6.54 Å². The van der Waals surface area contributed by atoms with Gasteiger partial charge in [-0.25, -0.2) is 9.59 Å². The Morgan fingerprint density at radius 2 is 1.88 bits per heavy atom. The Morgan fingerprint density at radius 3 is 2.74 bits per heavy atom. The number of aliphatic carboxylic acids is 1. The van der Waals surface area contributed by atoms with E-state index in [9.17, 15) is 9.59 Å². The lowest BCUT2D eigenvalue weighted by atomic mass is 9.86. The SMILES string of the molecule is O=C(O)COc1cccc(Cn2cc(C3Cc4cccc(c4)-c4ccccc43)c(=S)[nH]c2=O)c1. The number of fused-ring (bicyclic) bond motifs is 4. The average Bonchev–Trinajstić information content (AvgIpc) is 2.93. The zero-order valence-corrected chi connectivity index (χ0v) is 19.0. The summed E-state index contributed by atoms with van der Waals surface area (Å²) in [7, 11) is 0. The Labute approximate surface area is 201 Å². The van der Waals surface area contributed by atoms with Crippen LogP contribution in [-0.4, -0.2) is 27.2 Å². The molecule has 1 unspecified atom stereocenters. The molecule has 4 aromatic rings. The van der Waals surface area contributed by atoms with Gasteiger partial charge in [-0.15, -0.1) is 0 Å². The van der Waals surface area contributed by atoms with E-state index in [0.29, 0.717) is 16.9 Å². The molecule has 34 heavy (non-hydrogen) atoms. The molecule has 1 aliphatic carbocycles. The molecule has 0 saturated heterocycles. The van der Waals surface area contributed by atoms with Gasteiger partial charge in [0.2, 0.25) is 0 Å². The number of aromatic nitrogens is 2. The van der Waals surface area contributed by atoms with Crippen molar-refractivity contribution in [2.75, 3.05) is 6.61 Å². The van der Waals surface area contributed by atoms with E-state index in [1.807, 2.05) is 24.4 Å². The van der Waals surface area contributed by atoms with Crippen LogP contribution in [0, 0.1) is 4.64 Å². The molecule has 0 spiro atoms. The number of carboxylic acids is 1. The first-order valence-corrected chi connectivity index (χ1v) is 11.3. The Hall–Kier alpha value is -3.97. The largest absolute Gasteiger partial charge is 0.482 e. The zero-order valence-electron chi connectivity index (χ0n) is 18.2. The number of nitrogens with one attached hydrogen (secondary N) is 1. The Kier molecular flexibility index (Phi) is 5.86. The maximum absolute atomic E-state index is 12.8.